The number of carbonyl (C=O) groups excluding carboxylic acids is 2. The number of likely N-dealkylation sites (tertiary alicyclic amines) is 1. The van der Waals surface area contributed by atoms with E-state index in [0.29, 0.717) is 26.3 Å². The molecule has 0 radical (unpaired) electrons. The van der Waals surface area contributed by atoms with Crippen LogP contribution in [0.25, 0.3) is 0 Å². The van der Waals surface area contributed by atoms with Crippen molar-refractivity contribution in [2.45, 2.75) is 53.4 Å². The van der Waals surface area contributed by atoms with Crippen molar-refractivity contribution in [1.82, 2.24) is 10.2 Å². The summed E-state index contributed by atoms with van der Waals surface area (Å²) in [6.45, 7) is 8.62. The summed E-state index contributed by atoms with van der Waals surface area (Å²) in [7, 11) is 0. The zero-order valence-corrected chi connectivity index (χ0v) is 18.9. The van der Waals surface area contributed by atoms with Crippen molar-refractivity contribution in [2.75, 3.05) is 13.1 Å². The van der Waals surface area contributed by atoms with E-state index >= 15 is 0 Å². The van der Waals surface area contributed by atoms with Gasteiger partial charge in [-0.2, -0.15) is 0 Å². The van der Waals surface area contributed by atoms with E-state index in [1.165, 1.54) is 0 Å². The maximum absolute atomic E-state index is 12.7. The molecule has 1 unspecified atom stereocenters. The number of ether oxygens (including phenoxy) is 1. The zero-order valence-electron chi connectivity index (χ0n) is 18.9. The molecule has 0 saturated carbocycles. The fourth-order valence-corrected chi connectivity index (χ4v) is 3.87. The summed E-state index contributed by atoms with van der Waals surface area (Å²) in [5.74, 6) is 0.00258. The standard InChI is InChI=1S/C26H34N2O3/c1-26(2,3)25(30)28-14-8-13-23(17-28)24(29)27-16-21-11-7-12-22(15-21)19-31-18-20-9-5-4-6-10-20/h4-7,9-12,15,23H,8,13-14,16-19H2,1-3H3,(H,27,29). The van der Waals surface area contributed by atoms with E-state index in [0.717, 1.165) is 36.1 Å². The van der Waals surface area contributed by atoms with Crippen LogP contribution in [0.2, 0.25) is 0 Å². The number of carbonyl (C=O) groups is 2. The summed E-state index contributed by atoms with van der Waals surface area (Å²) in [5, 5.41) is 3.06. The molecular formula is C26H34N2O3. The molecule has 1 aliphatic heterocycles. The Kier molecular flexibility index (Phi) is 7.85. The van der Waals surface area contributed by atoms with E-state index in [4.69, 9.17) is 4.74 Å². The molecule has 2 amide bonds. The number of nitrogens with one attached hydrogen (secondary N) is 1. The molecule has 3 rings (SSSR count). The lowest BCUT2D eigenvalue weighted by Crippen LogP contribution is -2.48. The number of amides is 2. The highest BCUT2D eigenvalue weighted by molar-refractivity contribution is 5.83. The second-order valence-electron chi connectivity index (χ2n) is 9.36. The lowest BCUT2D eigenvalue weighted by atomic mass is 9.91. The molecule has 0 aliphatic carbocycles. The summed E-state index contributed by atoms with van der Waals surface area (Å²) in [6, 6.07) is 18.2. The van der Waals surface area contributed by atoms with Crippen LogP contribution in [0.3, 0.4) is 0 Å². The van der Waals surface area contributed by atoms with Gasteiger partial charge in [-0.3, -0.25) is 9.59 Å². The fourth-order valence-electron chi connectivity index (χ4n) is 3.87. The van der Waals surface area contributed by atoms with Gasteiger partial charge in [-0.15, -0.1) is 0 Å². The third-order valence-corrected chi connectivity index (χ3v) is 5.56. The number of benzene rings is 2. The van der Waals surface area contributed by atoms with Crippen molar-refractivity contribution in [3.63, 3.8) is 0 Å². The van der Waals surface area contributed by atoms with Crippen LogP contribution >= 0.6 is 0 Å². The first kappa shape index (κ1) is 23.0. The maximum atomic E-state index is 12.7. The molecular weight excluding hydrogens is 388 g/mol. The quantitative estimate of drug-likeness (QED) is 0.724. The highest BCUT2D eigenvalue weighted by Crippen LogP contribution is 2.23. The summed E-state index contributed by atoms with van der Waals surface area (Å²) >= 11 is 0. The van der Waals surface area contributed by atoms with Gasteiger partial charge in [0, 0.05) is 25.0 Å². The molecule has 2 aromatic rings. The van der Waals surface area contributed by atoms with Crippen LogP contribution in [0.4, 0.5) is 0 Å². The van der Waals surface area contributed by atoms with E-state index in [1.807, 2.05) is 74.2 Å². The molecule has 1 saturated heterocycles. The SMILES string of the molecule is CC(C)(C)C(=O)N1CCCC(C(=O)NCc2cccc(COCc3ccccc3)c2)C1. The van der Waals surface area contributed by atoms with Crippen LogP contribution in [0.15, 0.2) is 54.6 Å². The summed E-state index contributed by atoms with van der Waals surface area (Å²) in [4.78, 5) is 27.1. The van der Waals surface area contributed by atoms with E-state index in [-0.39, 0.29) is 17.7 Å². The third kappa shape index (κ3) is 6.93. The van der Waals surface area contributed by atoms with Crippen molar-refractivity contribution in [3.05, 3.63) is 71.3 Å². The van der Waals surface area contributed by atoms with Crippen LogP contribution < -0.4 is 5.32 Å². The third-order valence-electron chi connectivity index (χ3n) is 5.56. The molecule has 1 N–H and O–H groups in total. The minimum absolute atomic E-state index is 0.0251. The Labute approximate surface area is 185 Å². The predicted octanol–water partition coefficient (Wildman–Crippen LogP) is 4.30. The smallest absolute Gasteiger partial charge is 0.227 e. The van der Waals surface area contributed by atoms with Crippen LogP contribution in [-0.4, -0.2) is 29.8 Å². The average molecular weight is 423 g/mol. The van der Waals surface area contributed by atoms with Crippen molar-refractivity contribution in [2.24, 2.45) is 11.3 Å². The summed E-state index contributed by atoms with van der Waals surface area (Å²) < 4.78 is 5.82. The first-order valence-electron chi connectivity index (χ1n) is 11.1. The van der Waals surface area contributed by atoms with Gasteiger partial charge in [-0.05, 0) is 29.5 Å². The monoisotopic (exact) mass is 422 g/mol. The average Bonchev–Trinajstić information content (AvgIpc) is 2.77. The summed E-state index contributed by atoms with van der Waals surface area (Å²) in [5.41, 5.74) is 2.87. The predicted molar refractivity (Wildman–Crippen MR) is 122 cm³/mol. The van der Waals surface area contributed by atoms with Gasteiger partial charge in [0.1, 0.15) is 0 Å². The Morgan fingerprint density at radius 1 is 1.00 bits per heavy atom. The molecule has 1 fully saturated rings. The Bertz CT molecular complexity index is 874. The molecule has 2 aromatic carbocycles. The van der Waals surface area contributed by atoms with E-state index in [1.54, 1.807) is 0 Å². The molecule has 0 aromatic heterocycles. The highest BCUT2D eigenvalue weighted by Gasteiger charge is 2.33. The van der Waals surface area contributed by atoms with Crippen LogP contribution in [0.5, 0.6) is 0 Å². The van der Waals surface area contributed by atoms with Crippen molar-refractivity contribution < 1.29 is 14.3 Å². The molecule has 31 heavy (non-hydrogen) atoms. The largest absolute Gasteiger partial charge is 0.372 e. The normalized spacial score (nSPS) is 16.7. The minimum atomic E-state index is -0.415. The van der Waals surface area contributed by atoms with Gasteiger partial charge in [-0.25, -0.2) is 0 Å². The summed E-state index contributed by atoms with van der Waals surface area (Å²) in [6.07, 6.45) is 1.70. The van der Waals surface area contributed by atoms with Gasteiger partial charge >= 0.3 is 0 Å². The van der Waals surface area contributed by atoms with Gasteiger partial charge in [0.25, 0.3) is 0 Å². The molecule has 0 bridgehead atoms. The first-order chi connectivity index (χ1) is 14.8. The fraction of sp³-hybridized carbons (Fsp3) is 0.462. The number of piperidine rings is 1. The Morgan fingerprint density at radius 2 is 1.68 bits per heavy atom. The van der Waals surface area contributed by atoms with Gasteiger partial charge in [0.15, 0.2) is 0 Å². The van der Waals surface area contributed by atoms with Gasteiger partial charge < -0.3 is 15.0 Å². The van der Waals surface area contributed by atoms with Crippen LogP contribution in [0, 0.1) is 11.3 Å². The second kappa shape index (κ2) is 10.6. The molecule has 5 heteroatoms. The van der Waals surface area contributed by atoms with Gasteiger partial charge in [-0.1, -0.05) is 75.4 Å². The molecule has 0 spiro atoms. The van der Waals surface area contributed by atoms with Gasteiger partial charge in [0.2, 0.25) is 11.8 Å². The molecule has 1 atom stereocenters. The van der Waals surface area contributed by atoms with E-state index < -0.39 is 5.41 Å². The van der Waals surface area contributed by atoms with Crippen molar-refractivity contribution in [1.29, 1.82) is 0 Å². The van der Waals surface area contributed by atoms with Crippen LogP contribution in [0.1, 0.15) is 50.3 Å². The Morgan fingerprint density at radius 3 is 2.42 bits per heavy atom. The Hall–Kier alpha value is -2.66. The number of rotatable bonds is 7. The number of hydrogen-bond acceptors (Lipinski definition) is 3. The molecule has 5 nitrogen and oxygen atoms in total. The highest BCUT2D eigenvalue weighted by atomic mass is 16.5. The topological polar surface area (TPSA) is 58.6 Å². The van der Waals surface area contributed by atoms with Gasteiger partial charge in [0.05, 0.1) is 19.1 Å². The molecule has 1 heterocycles. The first-order valence-corrected chi connectivity index (χ1v) is 11.1. The zero-order chi connectivity index (χ0) is 22.3. The lowest BCUT2D eigenvalue weighted by Gasteiger charge is -2.35. The minimum Gasteiger partial charge on any atom is -0.372 e. The molecule has 1 aliphatic rings. The maximum Gasteiger partial charge on any atom is 0.227 e. The lowest BCUT2D eigenvalue weighted by molar-refractivity contribution is -0.142. The molecule has 166 valence electrons. The van der Waals surface area contributed by atoms with Crippen molar-refractivity contribution in [3.8, 4) is 0 Å². The van der Waals surface area contributed by atoms with E-state index in [9.17, 15) is 9.59 Å². The second-order valence-corrected chi connectivity index (χ2v) is 9.36. The van der Waals surface area contributed by atoms with E-state index in [2.05, 4.69) is 11.4 Å². The number of nitrogens with zero attached hydrogens (tertiary/aromatic N) is 1. The van der Waals surface area contributed by atoms with Crippen LogP contribution in [-0.2, 0) is 34.1 Å². The number of hydrogen-bond donors (Lipinski definition) is 1. The Balaban J connectivity index is 1.47. The van der Waals surface area contributed by atoms with Crippen molar-refractivity contribution >= 4 is 11.8 Å².